The van der Waals surface area contributed by atoms with E-state index in [0.29, 0.717) is 0 Å². The van der Waals surface area contributed by atoms with Crippen LogP contribution in [0.25, 0.3) is 0 Å². The molecule has 0 saturated carbocycles. The fraction of sp³-hybridized carbons (Fsp3) is 0.273. The average molecular weight is 379 g/mol. The van der Waals surface area contributed by atoms with Crippen molar-refractivity contribution in [2.24, 2.45) is 5.73 Å². The van der Waals surface area contributed by atoms with Crippen LogP contribution in [0.15, 0.2) is 21.1 Å². The van der Waals surface area contributed by atoms with Crippen LogP contribution in [0.4, 0.5) is 10.5 Å². The number of nitrogens with one attached hydrogen (secondary N) is 2. The van der Waals surface area contributed by atoms with Crippen molar-refractivity contribution in [2.75, 3.05) is 5.32 Å². The maximum absolute atomic E-state index is 11.5. The molecule has 0 fully saturated rings. The quantitative estimate of drug-likeness (QED) is 0.755. The largest absolute Gasteiger partial charge is 0.372 e. The zero-order valence-corrected chi connectivity index (χ0v) is 13.1. The molecule has 0 aromatic heterocycles. The Hall–Kier alpha value is -1.08. The molecule has 1 aromatic carbocycles. The van der Waals surface area contributed by atoms with Gasteiger partial charge in [-0.3, -0.25) is 10.1 Å². The first-order valence-corrected chi connectivity index (χ1v) is 6.72. The first-order valence-electron chi connectivity index (χ1n) is 5.13. The Morgan fingerprint density at radius 1 is 1.28 bits per heavy atom. The van der Waals surface area contributed by atoms with Gasteiger partial charge in [-0.25, -0.2) is 4.79 Å². The third-order valence-electron chi connectivity index (χ3n) is 2.19. The topological polar surface area (TPSA) is 84.2 Å². The summed E-state index contributed by atoms with van der Waals surface area (Å²) in [5, 5.41) is 5.02. The molecule has 5 nitrogen and oxygen atoms in total. The number of hydrogen-bond donors (Lipinski definition) is 3. The van der Waals surface area contributed by atoms with Crippen LogP contribution < -0.4 is 16.4 Å². The molecule has 98 valence electrons. The lowest BCUT2D eigenvalue weighted by Crippen LogP contribution is -2.43. The van der Waals surface area contributed by atoms with E-state index in [9.17, 15) is 9.59 Å². The smallest absolute Gasteiger partial charge is 0.318 e. The first kappa shape index (κ1) is 15.0. The summed E-state index contributed by atoms with van der Waals surface area (Å²) in [7, 11) is 0. The van der Waals surface area contributed by atoms with Crippen molar-refractivity contribution >= 4 is 49.5 Å². The minimum atomic E-state index is -0.865. The molecule has 4 N–H and O–H groups in total. The first-order chi connectivity index (χ1) is 8.31. The number of carbonyl (C=O) groups excluding carboxylic acids is 2. The molecular formula is C11H13Br2N3O2. The molecule has 1 atom stereocenters. The number of nitrogens with two attached hydrogens (primary N) is 1. The summed E-state index contributed by atoms with van der Waals surface area (Å²) < 4.78 is 1.65. The number of hydrogen-bond acceptors (Lipinski definition) is 3. The second-order valence-corrected chi connectivity index (χ2v) is 5.53. The predicted molar refractivity (Wildman–Crippen MR) is 77.4 cm³/mol. The van der Waals surface area contributed by atoms with E-state index in [4.69, 9.17) is 5.73 Å². The molecule has 0 bridgehead atoms. The minimum Gasteiger partial charge on any atom is -0.372 e. The van der Waals surface area contributed by atoms with Gasteiger partial charge in [0.15, 0.2) is 0 Å². The van der Waals surface area contributed by atoms with Crippen LogP contribution in [0.5, 0.6) is 0 Å². The molecule has 0 aliphatic carbocycles. The molecule has 3 amide bonds. The molecule has 1 aromatic rings. The van der Waals surface area contributed by atoms with Crippen molar-refractivity contribution in [3.8, 4) is 0 Å². The number of urea groups is 1. The fourth-order valence-electron chi connectivity index (χ4n) is 1.35. The second-order valence-electron chi connectivity index (χ2n) is 3.82. The van der Waals surface area contributed by atoms with E-state index >= 15 is 0 Å². The van der Waals surface area contributed by atoms with Gasteiger partial charge in [0.1, 0.15) is 6.04 Å². The molecule has 0 heterocycles. The zero-order chi connectivity index (χ0) is 13.9. The number of primary amides is 1. The molecule has 7 heteroatoms. The summed E-state index contributed by atoms with van der Waals surface area (Å²) in [6, 6.07) is 2.39. The Bertz CT molecular complexity index is 468. The van der Waals surface area contributed by atoms with Crippen molar-refractivity contribution in [2.45, 2.75) is 19.9 Å². The number of halogens is 2. The maximum atomic E-state index is 11.5. The average Bonchev–Trinajstić information content (AvgIpc) is 2.21. The van der Waals surface area contributed by atoms with Crippen LogP contribution in [0.3, 0.4) is 0 Å². The lowest BCUT2D eigenvalue weighted by molar-refractivity contribution is -0.120. The molecule has 18 heavy (non-hydrogen) atoms. The molecule has 0 radical (unpaired) electrons. The van der Waals surface area contributed by atoms with Crippen molar-refractivity contribution in [3.05, 3.63) is 26.6 Å². The van der Waals surface area contributed by atoms with E-state index in [-0.39, 0.29) is 0 Å². The lowest BCUT2D eigenvalue weighted by atomic mass is 10.2. The highest BCUT2D eigenvalue weighted by atomic mass is 79.9. The van der Waals surface area contributed by atoms with E-state index in [2.05, 4.69) is 37.2 Å². The summed E-state index contributed by atoms with van der Waals surface area (Å²) in [6.07, 6.45) is 0. The van der Waals surface area contributed by atoms with Crippen LogP contribution in [0.2, 0.25) is 0 Å². The molecule has 0 aliphatic heterocycles. The second kappa shape index (κ2) is 6.19. The third-order valence-corrected chi connectivity index (χ3v) is 3.44. The Morgan fingerprint density at radius 2 is 1.78 bits per heavy atom. The number of rotatable bonds is 3. The maximum Gasteiger partial charge on any atom is 0.318 e. The van der Waals surface area contributed by atoms with Gasteiger partial charge in [0, 0.05) is 8.95 Å². The number of benzene rings is 1. The number of aryl methyl sites for hydroxylation is 1. The van der Waals surface area contributed by atoms with Gasteiger partial charge >= 0.3 is 6.03 Å². The van der Waals surface area contributed by atoms with Crippen LogP contribution in [-0.2, 0) is 4.79 Å². The number of carbonyl (C=O) groups is 2. The van der Waals surface area contributed by atoms with Crippen LogP contribution >= 0.6 is 31.9 Å². The number of anilines is 1. The van der Waals surface area contributed by atoms with E-state index in [1.165, 1.54) is 0 Å². The van der Waals surface area contributed by atoms with Crippen molar-refractivity contribution in [3.63, 3.8) is 0 Å². The van der Waals surface area contributed by atoms with Gasteiger partial charge in [-0.15, -0.1) is 0 Å². The molecule has 1 rings (SSSR count). The Morgan fingerprint density at radius 3 is 2.22 bits per heavy atom. The number of imide groups is 1. The van der Waals surface area contributed by atoms with Gasteiger partial charge in [0.05, 0.1) is 5.69 Å². The summed E-state index contributed by atoms with van der Waals surface area (Å²) >= 11 is 6.82. The summed E-state index contributed by atoms with van der Waals surface area (Å²) in [6.45, 7) is 3.60. The van der Waals surface area contributed by atoms with Gasteiger partial charge in [-0.1, -0.05) is 0 Å². The van der Waals surface area contributed by atoms with Gasteiger partial charge in [-0.2, -0.15) is 0 Å². The normalized spacial score (nSPS) is 11.8. The lowest BCUT2D eigenvalue weighted by Gasteiger charge is -2.17. The van der Waals surface area contributed by atoms with Crippen molar-refractivity contribution < 1.29 is 9.59 Å². The predicted octanol–water partition coefficient (Wildman–Crippen LogP) is 2.52. The summed E-state index contributed by atoms with van der Waals surface area (Å²) in [4.78, 5) is 22.1. The van der Waals surface area contributed by atoms with Crippen molar-refractivity contribution in [1.82, 2.24) is 5.32 Å². The zero-order valence-electron chi connectivity index (χ0n) is 9.88. The fourth-order valence-corrected chi connectivity index (χ4v) is 2.99. The van der Waals surface area contributed by atoms with E-state index in [1.54, 1.807) is 6.92 Å². The highest BCUT2D eigenvalue weighted by Gasteiger charge is 2.16. The van der Waals surface area contributed by atoms with Crippen LogP contribution in [-0.4, -0.2) is 18.0 Å². The van der Waals surface area contributed by atoms with E-state index in [1.807, 2.05) is 24.4 Å². The summed E-state index contributed by atoms with van der Waals surface area (Å²) in [5.41, 5.74) is 6.71. The molecular weight excluding hydrogens is 366 g/mol. The third kappa shape index (κ3) is 3.99. The van der Waals surface area contributed by atoms with Gasteiger partial charge in [0.2, 0.25) is 5.91 Å². The van der Waals surface area contributed by atoms with Crippen LogP contribution in [0, 0.1) is 6.92 Å². The Balaban J connectivity index is 2.85. The standard InChI is InChI=1S/C11H13Br2N3O2/c1-5-3-7(12)9(8(13)4-5)15-6(2)10(17)16-11(14)18/h3-4,6,15H,1-2H3,(H3,14,16,17,18). The molecule has 0 spiro atoms. The van der Waals surface area contributed by atoms with Gasteiger partial charge in [-0.05, 0) is 63.4 Å². The molecule has 0 aliphatic rings. The van der Waals surface area contributed by atoms with E-state index < -0.39 is 18.0 Å². The Kier molecular flexibility index (Phi) is 5.15. The molecule has 1 unspecified atom stereocenters. The van der Waals surface area contributed by atoms with Crippen LogP contribution in [0.1, 0.15) is 12.5 Å². The minimum absolute atomic E-state index is 0.484. The number of amides is 3. The van der Waals surface area contributed by atoms with Crippen molar-refractivity contribution in [1.29, 1.82) is 0 Å². The van der Waals surface area contributed by atoms with Gasteiger partial charge in [0.25, 0.3) is 0 Å². The van der Waals surface area contributed by atoms with Gasteiger partial charge < -0.3 is 11.1 Å². The monoisotopic (exact) mass is 377 g/mol. The molecule has 0 saturated heterocycles. The SMILES string of the molecule is Cc1cc(Br)c(NC(C)C(=O)NC(N)=O)c(Br)c1. The summed E-state index contributed by atoms with van der Waals surface area (Å²) in [5.74, 6) is -0.484. The highest BCUT2D eigenvalue weighted by Crippen LogP contribution is 2.32. The van der Waals surface area contributed by atoms with E-state index in [0.717, 1.165) is 20.2 Å². The Labute approximate surface area is 122 Å². The highest BCUT2D eigenvalue weighted by molar-refractivity contribution is 9.11.